The first kappa shape index (κ1) is 16.8. The lowest BCUT2D eigenvalue weighted by Crippen LogP contribution is -2.31. The van der Waals surface area contributed by atoms with Crippen molar-refractivity contribution in [3.05, 3.63) is 47.0 Å². The molecular weight excluding hydrogens is 334 g/mol. The number of fused-ring (bicyclic) bond motifs is 1. The zero-order chi connectivity index (χ0) is 18.1. The van der Waals surface area contributed by atoms with Gasteiger partial charge in [0.05, 0.1) is 24.8 Å². The Hall–Kier alpha value is -2.67. The molecule has 26 heavy (non-hydrogen) atoms. The molecular formula is C19H21N3O4. The molecule has 7 heteroatoms. The summed E-state index contributed by atoms with van der Waals surface area (Å²) in [5, 5.41) is 8.87. The average molecular weight is 355 g/mol. The van der Waals surface area contributed by atoms with Crippen molar-refractivity contribution in [2.45, 2.75) is 39.4 Å². The number of ether oxygens (including phenoxy) is 1. The maximum Gasteiger partial charge on any atom is 0.228 e. The van der Waals surface area contributed by atoms with Crippen molar-refractivity contribution >= 4 is 16.9 Å². The average Bonchev–Trinajstić information content (AvgIpc) is 3.34. The zero-order valence-electron chi connectivity index (χ0n) is 14.9. The first-order valence-corrected chi connectivity index (χ1v) is 8.76. The summed E-state index contributed by atoms with van der Waals surface area (Å²) in [5.41, 5.74) is 3.23. The molecule has 1 atom stereocenters. The van der Waals surface area contributed by atoms with Gasteiger partial charge in [-0.2, -0.15) is 0 Å². The quantitative estimate of drug-likeness (QED) is 0.700. The molecule has 0 saturated carbocycles. The Bertz CT molecular complexity index is 910. The standard InChI is InChI=1S/C19H21N3O4/c1-12-16(13(2)25-20-12)11-24-14-7-8-22(10-14)19(23)9-17-15-5-3-4-6-18(15)26-21-17/h3-6,14H,7-11H2,1-2H3. The Kier molecular flexibility index (Phi) is 4.46. The van der Waals surface area contributed by atoms with Gasteiger partial charge < -0.3 is 18.7 Å². The van der Waals surface area contributed by atoms with Gasteiger partial charge in [-0.05, 0) is 32.4 Å². The minimum atomic E-state index is 0.0294. The summed E-state index contributed by atoms with van der Waals surface area (Å²) in [6.45, 7) is 5.54. The van der Waals surface area contributed by atoms with Crippen LogP contribution in [0, 0.1) is 13.8 Å². The van der Waals surface area contributed by atoms with Gasteiger partial charge >= 0.3 is 0 Å². The lowest BCUT2D eigenvalue weighted by Gasteiger charge is -2.16. The van der Waals surface area contributed by atoms with E-state index in [1.54, 1.807) is 0 Å². The number of likely N-dealkylation sites (tertiary alicyclic amines) is 1. The van der Waals surface area contributed by atoms with Crippen LogP contribution in [0.3, 0.4) is 0 Å². The minimum Gasteiger partial charge on any atom is -0.371 e. The summed E-state index contributed by atoms with van der Waals surface area (Å²) in [6, 6.07) is 7.58. The van der Waals surface area contributed by atoms with Gasteiger partial charge in [-0.1, -0.05) is 22.4 Å². The molecule has 3 heterocycles. The van der Waals surface area contributed by atoms with Gasteiger partial charge in [-0.15, -0.1) is 0 Å². The lowest BCUT2D eigenvalue weighted by molar-refractivity contribution is -0.130. The van der Waals surface area contributed by atoms with Crippen LogP contribution in [-0.4, -0.2) is 40.3 Å². The highest BCUT2D eigenvalue weighted by Crippen LogP contribution is 2.21. The monoisotopic (exact) mass is 355 g/mol. The molecule has 3 aromatic rings. The molecule has 0 N–H and O–H groups in total. The van der Waals surface area contributed by atoms with Crippen molar-refractivity contribution in [1.82, 2.24) is 15.2 Å². The minimum absolute atomic E-state index is 0.0294. The Morgan fingerprint density at radius 3 is 2.92 bits per heavy atom. The SMILES string of the molecule is Cc1noc(C)c1COC1CCN(C(=O)Cc2noc3ccccc23)C1. The Morgan fingerprint density at radius 1 is 1.27 bits per heavy atom. The Balaban J connectivity index is 1.34. The van der Waals surface area contributed by atoms with Gasteiger partial charge in [0.1, 0.15) is 11.5 Å². The number of aromatic nitrogens is 2. The second kappa shape index (κ2) is 6.92. The van der Waals surface area contributed by atoms with E-state index in [2.05, 4.69) is 10.3 Å². The summed E-state index contributed by atoms with van der Waals surface area (Å²) < 4.78 is 16.4. The van der Waals surface area contributed by atoms with E-state index in [0.29, 0.717) is 31.0 Å². The number of hydrogen-bond acceptors (Lipinski definition) is 6. The van der Waals surface area contributed by atoms with Crippen molar-refractivity contribution in [1.29, 1.82) is 0 Å². The summed E-state index contributed by atoms with van der Waals surface area (Å²) in [6.07, 6.45) is 1.10. The fourth-order valence-corrected chi connectivity index (χ4v) is 3.32. The third-order valence-corrected chi connectivity index (χ3v) is 4.91. The largest absolute Gasteiger partial charge is 0.371 e. The molecule has 1 saturated heterocycles. The third-order valence-electron chi connectivity index (χ3n) is 4.91. The summed E-state index contributed by atoms with van der Waals surface area (Å²) in [5.74, 6) is 0.832. The molecule has 0 spiro atoms. The lowest BCUT2D eigenvalue weighted by atomic mass is 10.1. The number of carbonyl (C=O) groups is 1. The normalized spacial score (nSPS) is 17.3. The molecule has 1 aliphatic heterocycles. The van der Waals surface area contributed by atoms with Crippen molar-refractivity contribution < 1.29 is 18.6 Å². The number of carbonyl (C=O) groups excluding carboxylic acids is 1. The van der Waals surface area contributed by atoms with Gasteiger partial charge in [-0.25, -0.2) is 0 Å². The van der Waals surface area contributed by atoms with Crippen LogP contribution in [0.2, 0.25) is 0 Å². The number of aryl methyl sites for hydroxylation is 2. The fraction of sp³-hybridized carbons (Fsp3) is 0.421. The first-order chi connectivity index (χ1) is 12.6. The highest BCUT2D eigenvalue weighted by atomic mass is 16.5. The first-order valence-electron chi connectivity index (χ1n) is 8.76. The number of para-hydroxylation sites is 1. The van der Waals surface area contributed by atoms with Crippen molar-refractivity contribution in [2.24, 2.45) is 0 Å². The van der Waals surface area contributed by atoms with E-state index in [0.717, 1.165) is 28.8 Å². The number of nitrogens with zero attached hydrogens (tertiary/aromatic N) is 3. The zero-order valence-corrected chi connectivity index (χ0v) is 14.9. The molecule has 4 rings (SSSR count). The highest BCUT2D eigenvalue weighted by Gasteiger charge is 2.28. The molecule has 2 aromatic heterocycles. The van der Waals surface area contributed by atoms with Gasteiger partial charge in [0, 0.05) is 24.0 Å². The van der Waals surface area contributed by atoms with Crippen LogP contribution in [0.25, 0.3) is 11.0 Å². The maximum absolute atomic E-state index is 12.6. The predicted molar refractivity (Wildman–Crippen MR) is 93.5 cm³/mol. The number of hydrogen-bond donors (Lipinski definition) is 0. The Labute approximate surface area is 150 Å². The van der Waals surface area contributed by atoms with E-state index < -0.39 is 0 Å². The second-order valence-electron chi connectivity index (χ2n) is 6.67. The summed E-state index contributed by atoms with van der Waals surface area (Å²) >= 11 is 0. The van der Waals surface area contributed by atoms with E-state index in [1.165, 1.54) is 0 Å². The van der Waals surface area contributed by atoms with Crippen LogP contribution < -0.4 is 0 Å². The van der Waals surface area contributed by atoms with Gasteiger partial charge in [0.25, 0.3) is 0 Å². The molecule has 1 aromatic carbocycles. The van der Waals surface area contributed by atoms with Crippen LogP contribution in [0.5, 0.6) is 0 Å². The van der Waals surface area contributed by atoms with Gasteiger partial charge in [0.2, 0.25) is 5.91 Å². The van der Waals surface area contributed by atoms with Crippen LogP contribution in [0.1, 0.15) is 29.1 Å². The van der Waals surface area contributed by atoms with Crippen molar-refractivity contribution in [2.75, 3.05) is 13.1 Å². The van der Waals surface area contributed by atoms with Crippen LogP contribution >= 0.6 is 0 Å². The smallest absolute Gasteiger partial charge is 0.228 e. The summed E-state index contributed by atoms with van der Waals surface area (Å²) in [7, 11) is 0. The van der Waals surface area contributed by atoms with Crippen LogP contribution in [0.4, 0.5) is 0 Å². The predicted octanol–water partition coefficient (Wildman–Crippen LogP) is 2.79. The van der Waals surface area contributed by atoms with E-state index >= 15 is 0 Å². The molecule has 1 fully saturated rings. The molecule has 1 amide bonds. The van der Waals surface area contributed by atoms with Gasteiger partial charge in [0.15, 0.2) is 5.58 Å². The number of amides is 1. The number of rotatable bonds is 5. The van der Waals surface area contributed by atoms with Crippen molar-refractivity contribution in [3.63, 3.8) is 0 Å². The van der Waals surface area contributed by atoms with E-state index in [1.807, 2.05) is 43.0 Å². The Morgan fingerprint density at radius 2 is 2.12 bits per heavy atom. The van der Waals surface area contributed by atoms with Crippen LogP contribution in [-0.2, 0) is 22.6 Å². The second-order valence-corrected chi connectivity index (χ2v) is 6.67. The molecule has 7 nitrogen and oxygen atoms in total. The topological polar surface area (TPSA) is 81.6 Å². The maximum atomic E-state index is 12.6. The molecule has 1 unspecified atom stereocenters. The molecule has 1 aliphatic rings. The summed E-state index contributed by atoms with van der Waals surface area (Å²) in [4.78, 5) is 14.4. The van der Waals surface area contributed by atoms with E-state index in [9.17, 15) is 4.79 Å². The molecule has 0 radical (unpaired) electrons. The molecule has 0 aliphatic carbocycles. The van der Waals surface area contributed by atoms with Crippen LogP contribution in [0.15, 0.2) is 33.3 Å². The number of benzene rings is 1. The van der Waals surface area contributed by atoms with Crippen molar-refractivity contribution in [3.8, 4) is 0 Å². The van der Waals surface area contributed by atoms with E-state index in [4.69, 9.17) is 13.8 Å². The van der Waals surface area contributed by atoms with Gasteiger partial charge in [-0.3, -0.25) is 4.79 Å². The highest BCUT2D eigenvalue weighted by molar-refractivity contribution is 5.86. The van der Waals surface area contributed by atoms with E-state index in [-0.39, 0.29) is 18.4 Å². The third kappa shape index (κ3) is 3.22. The molecule has 0 bridgehead atoms. The fourth-order valence-electron chi connectivity index (χ4n) is 3.32. The molecule has 136 valence electrons.